The minimum Gasteiger partial charge on any atom is -0.467 e. The topological polar surface area (TPSA) is 61.8 Å². The van der Waals surface area contributed by atoms with E-state index < -0.39 is 11.9 Å². The molecule has 0 atom stereocenters. The quantitative estimate of drug-likeness (QED) is 0.352. The SMILES string of the molecule is C=C(CCOC(=O)C(=C)C)OC(=C)CCOC(=O)C(=C)C. The number of esters is 2. The summed E-state index contributed by atoms with van der Waals surface area (Å²) in [6.45, 7) is 17.8. The Morgan fingerprint density at radius 2 is 1.10 bits per heavy atom. The lowest BCUT2D eigenvalue weighted by atomic mass is 10.3. The van der Waals surface area contributed by atoms with Crippen molar-refractivity contribution in [2.24, 2.45) is 0 Å². The second-order valence-electron chi connectivity index (χ2n) is 4.51. The van der Waals surface area contributed by atoms with Crippen LogP contribution < -0.4 is 0 Å². The van der Waals surface area contributed by atoms with Crippen LogP contribution in [0.2, 0.25) is 0 Å². The minimum atomic E-state index is -0.451. The molecular weight excluding hydrogens is 272 g/mol. The maximum atomic E-state index is 11.1. The molecule has 0 saturated heterocycles. The van der Waals surface area contributed by atoms with Gasteiger partial charge in [0.15, 0.2) is 0 Å². The van der Waals surface area contributed by atoms with Gasteiger partial charge in [-0.1, -0.05) is 26.3 Å². The summed E-state index contributed by atoms with van der Waals surface area (Å²) in [4.78, 5) is 22.3. The molecule has 0 saturated carbocycles. The van der Waals surface area contributed by atoms with E-state index >= 15 is 0 Å². The van der Waals surface area contributed by atoms with Gasteiger partial charge < -0.3 is 14.2 Å². The van der Waals surface area contributed by atoms with Crippen LogP contribution in [0, 0.1) is 0 Å². The molecule has 0 aliphatic rings. The van der Waals surface area contributed by atoms with Crippen molar-refractivity contribution in [2.45, 2.75) is 26.7 Å². The van der Waals surface area contributed by atoms with E-state index in [-0.39, 0.29) is 13.2 Å². The van der Waals surface area contributed by atoms with Crippen molar-refractivity contribution in [3.8, 4) is 0 Å². The maximum Gasteiger partial charge on any atom is 0.333 e. The van der Waals surface area contributed by atoms with Crippen LogP contribution in [0.1, 0.15) is 26.7 Å². The Morgan fingerprint density at radius 3 is 1.38 bits per heavy atom. The van der Waals surface area contributed by atoms with Crippen LogP contribution in [0.25, 0.3) is 0 Å². The fourth-order valence-electron chi connectivity index (χ4n) is 1.07. The Morgan fingerprint density at radius 1 is 0.762 bits per heavy atom. The van der Waals surface area contributed by atoms with Crippen molar-refractivity contribution in [3.63, 3.8) is 0 Å². The van der Waals surface area contributed by atoms with Crippen molar-refractivity contribution in [1.29, 1.82) is 0 Å². The van der Waals surface area contributed by atoms with Crippen molar-refractivity contribution >= 4 is 11.9 Å². The third kappa shape index (κ3) is 9.27. The fourth-order valence-corrected chi connectivity index (χ4v) is 1.07. The molecule has 0 aromatic rings. The number of rotatable bonds is 10. The number of ether oxygens (including phenoxy) is 3. The molecule has 0 heterocycles. The summed E-state index contributed by atoms with van der Waals surface area (Å²) >= 11 is 0. The summed E-state index contributed by atoms with van der Waals surface area (Å²) in [6, 6.07) is 0. The molecule has 0 radical (unpaired) electrons. The van der Waals surface area contributed by atoms with E-state index in [0.717, 1.165) is 0 Å². The van der Waals surface area contributed by atoms with E-state index in [1.807, 2.05) is 0 Å². The second-order valence-corrected chi connectivity index (χ2v) is 4.51. The lowest BCUT2D eigenvalue weighted by Crippen LogP contribution is -2.08. The van der Waals surface area contributed by atoms with Gasteiger partial charge in [0.2, 0.25) is 0 Å². The van der Waals surface area contributed by atoms with Crippen molar-refractivity contribution in [3.05, 3.63) is 49.0 Å². The minimum absolute atomic E-state index is 0.155. The lowest BCUT2D eigenvalue weighted by Gasteiger charge is -2.11. The summed E-state index contributed by atoms with van der Waals surface area (Å²) < 4.78 is 15.1. The maximum absolute atomic E-state index is 11.1. The summed E-state index contributed by atoms with van der Waals surface area (Å²) in [5.74, 6) is -0.0665. The Balaban J connectivity index is 3.82. The van der Waals surface area contributed by atoms with Gasteiger partial charge >= 0.3 is 11.9 Å². The Bertz CT molecular complexity index is 417. The molecule has 5 heteroatoms. The van der Waals surface area contributed by atoms with Gasteiger partial charge in [-0.25, -0.2) is 9.59 Å². The largest absolute Gasteiger partial charge is 0.467 e. The molecular formula is C16H22O5. The zero-order chi connectivity index (χ0) is 16.4. The molecule has 0 aliphatic carbocycles. The predicted molar refractivity (Wildman–Crippen MR) is 80.1 cm³/mol. The third-order valence-electron chi connectivity index (χ3n) is 2.21. The number of hydrogen-bond donors (Lipinski definition) is 0. The molecule has 0 amide bonds. The smallest absolute Gasteiger partial charge is 0.333 e. The van der Waals surface area contributed by atoms with Crippen LogP contribution in [0.15, 0.2) is 49.0 Å². The number of carbonyl (C=O) groups excluding carboxylic acids is 2. The van der Waals surface area contributed by atoms with E-state index in [0.29, 0.717) is 35.5 Å². The van der Waals surface area contributed by atoms with Crippen molar-refractivity contribution < 1.29 is 23.8 Å². The van der Waals surface area contributed by atoms with E-state index in [1.165, 1.54) is 0 Å². The van der Waals surface area contributed by atoms with Crippen LogP contribution in [-0.4, -0.2) is 25.2 Å². The Kier molecular flexibility index (Phi) is 8.53. The lowest BCUT2D eigenvalue weighted by molar-refractivity contribution is -0.139. The first kappa shape index (κ1) is 18.7. The van der Waals surface area contributed by atoms with Gasteiger partial charge in [-0.2, -0.15) is 0 Å². The molecule has 0 unspecified atom stereocenters. The van der Waals surface area contributed by atoms with E-state index in [1.54, 1.807) is 13.8 Å². The summed E-state index contributed by atoms with van der Waals surface area (Å²) in [7, 11) is 0. The van der Waals surface area contributed by atoms with Crippen LogP contribution in [0.4, 0.5) is 0 Å². The van der Waals surface area contributed by atoms with Crippen LogP contribution in [0.3, 0.4) is 0 Å². The van der Waals surface area contributed by atoms with E-state index in [2.05, 4.69) is 26.3 Å². The van der Waals surface area contributed by atoms with Crippen molar-refractivity contribution in [2.75, 3.05) is 13.2 Å². The second kappa shape index (κ2) is 9.58. The van der Waals surface area contributed by atoms with Crippen LogP contribution >= 0.6 is 0 Å². The zero-order valence-electron chi connectivity index (χ0n) is 12.7. The highest BCUT2D eigenvalue weighted by Gasteiger charge is 2.06. The molecule has 0 spiro atoms. The summed E-state index contributed by atoms with van der Waals surface area (Å²) in [5, 5.41) is 0. The number of hydrogen-bond acceptors (Lipinski definition) is 5. The van der Waals surface area contributed by atoms with Crippen molar-refractivity contribution in [1.82, 2.24) is 0 Å². The van der Waals surface area contributed by atoms with Gasteiger partial charge in [0.25, 0.3) is 0 Å². The van der Waals surface area contributed by atoms with Gasteiger partial charge in [-0.05, 0) is 13.8 Å². The summed E-state index contributed by atoms with van der Waals surface area (Å²) in [5.41, 5.74) is 0.676. The predicted octanol–water partition coefficient (Wildman–Crippen LogP) is 3.05. The zero-order valence-corrected chi connectivity index (χ0v) is 12.7. The van der Waals surface area contributed by atoms with Gasteiger partial charge in [-0.15, -0.1) is 0 Å². The normalized spacial score (nSPS) is 9.43. The fraction of sp³-hybridized carbons (Fsp3) is 0.375. The molecule has 116 valence electrons. The monoisotopic (exact) mass is 294 g/mol. The molecule has 0 aromatic carbocycles. The molecule has 0 rings (SSSR count). The van der Waals surface area contributed by atoms with Crippen LogP contribution in [0.5, 0.6) is 0 Å². The molecule has 21 heavy (non-hydrogen) atoms. The number of carbonyl (C=O) groups is 2. The highest BCUT2D eigenvalue weighted by Crippen LogP contribution is 2.11. The summed E-state index contributed by atoms with van der Waals surface area (Å²) in [6.07, 6.45) is 0.702. The molecule has 0 aliphatic heterocycles. The highest BCUT2D eigenvalue weighted by atomic mass is 16.5. The van der Waals surface area contributed by atoms with Gasteiger partial charge in [0, 0.05) is 24.0 Å². The first-order valence-corrected chi connectivity index (χ1v) is 6.42. The molecule has 0 bridgehead atoms. The first-order chi connectivity index (χ1) is 9.73. The van der Waals surface area contributed by atoms with Gasteiger partial charge in [0.1, 0.15) is 0 Å². The Hall–Kier alpha value is -2.30. The standard InChI is InChI=1S/C16H22O5/c1-11(2)15(17)19-9-7-13(5)21-14(6)8-10-20-16(18)12(3)4/h1,3,5-10H2,2,4H3. The first-order valence-electron chi connectivity index (χ1n) is 6.42. The molecule has 0 fully saturated rings. The average molecular weight is 294 g/mol. The highest BCUT2D eigenvalue weighted by molar-refractivity contribution is 5.87. The van der Waals surface area contributed by atoms with Gasteiger partial charge in [0.05, 0.1) is 24.7 Å². The van der Waals surface area contributed by atoms with Gasteiger partial charge in [-0.3, -0.25) is 0 Å². The van der Waals surface area contributed by atoms with E-state index in [4.69, 9.17) is 14.2 Å². The average Bonchev–Trinajstić information content (AvgIpc) is 2.37. The third-order valence-corrected chi connectivity index (χ3v) is 2.21. The van der Waals surface area contributed by atoms with E-state index in [9.17, 15) is 9.59 Å². The Labute approximate surface area is 125 Å². The molecule has 0 aromatic heterocycles. The van der Waals surface area contributed by atoms with Crippen LogP contribution in [-0.2, 0) is 23.8 Å². The molecule has 5 nitrogen and oxygen atoms in total. The molecule has 0 N–H and O–H groups in total.